The zero-order valence-corrected chi connectivity index (χ0v) is 17.8. The minimum atomic E-state index is -1.42. The first-order chi connectivity index (χ1) is 13.5. The number of benzene rings is 1. The molecule has 1 aromatic carbocycles. The quantitative estimate of drug-likeness (QED) is 0.790. The van der Waals surface area contributed by atoms with E-state index in [0.717, 1.165) is 0 Å². The molecule has 0 aliphatic carbocycles. The van der Waals surface area contributed by atoms with Crippen LogP contribution in [0.3, 0.4) is 0 Å². The molecule has 0 radical (unpaired) electrons. The molecule has 3 N–H and O–H groups in total. The Morgan fingerprint density at radius 3 is 2.72 bits per heavy atom. The first-order valence-corrected chi connectivity index (χ1v) is 10.1. The van der Waals surface area contributed by atoms with Crippen molar-refractivity contribution >= 4 is 28.4 Å². The fraction of sp³-hybridized carbons (Fsp3) is 0.421. The van der Waals surface area contributed by atoms with Gasteiger partial charge in [0.05, 0.1) is 6.04 Å². The zero-order chi connectivity index (χ0) is 21.5. The average Bonchev–Trinajstić information content (AvgIpc) is 2.96. The largest absolute Gasteiger partial charge is 0.445 e. The maximum Gasteiger partial charge on any atom is 0.277 e. The van der Waals surface area contributed by atoms with Crippen LogP contribution in [0.5, 0.6) is 0 Å². The van der Waals surface area contributed by atoms with Crippen molar-refractivity contribution in [2.75, 3.05) is 18.9 Å². The van der Waals surface area contributed by atoms with E-state index < -0.39 is 33.5 Å². The van der Waals surface area contributed by atoms with E-state index in [1.165, 1.54) is 18.2 Å². The van der Waals surface area contributed by atoms with E-state index in [0.29, 0.717) is 17.3 Å². The number of carbonyl (C=O) groups is 1. The number of aliphatic imine (C=N–C) groups is 1. The van der Waals surface area contributed by atoms with Gasteiger partial charge in [-0.15, -0.1) is 0 Å². The van der Waals surface area contributed by atoms with Crippen molar-refractivity contribution in [2.24, 2.45) is 10.7 Å². The number of nitrogens with two attached hydrogens (primary N) is 1. The minimum Gasteiger partial charge on any atom is -0.445 e. The average molecular weight is 421 g/mol. The lowest BCUT2D eigenvalue weighted by Crippen LogP contribution is -2.45. The van der Waals surface area contributed by atoms with Crippen molar-refractivity contribution < 1.29 is 17.8 Å². The molecule has 10 heteroatoms. The van der Waals surface area contributed by atoms with E-state index in [4.69, 9.17) is 10.2 Å². The van der Waals surface area contributed by atoms with Gasteiger partial charge in [0.25, 0.3) is 5.91 Å². The molecule has 0 fully saturated rings. The van der Waals surface area contributed by atoms with Gasteiger partial charge in [-0.2, -0.15) is 0 Å². The van der Waals surface area contributed by atoms with Crippen molar-refractivity contribution in [1.29, 1.82) is 0 Å². The SMILES string of the molecule is Cc1nc(C(=O)Nc2ccc(F)c(C3CN(C)S(=O)C(C)(C)C(N)=N3)c2)c(C)o1. The molecular formula is C19H24FN5O3S. The van der Waals surface area contributed by atoms with Gasteiger partial charge in [-0.3, -0.25) is 9.79 Å². The Morgan fingerprint density at radius 2 is 2.10 bits per heavy atom. The lowest BCUT2D eigenvalue weighted by molar-refractivity contribution is 0.102. The molecule has 0 spiro atoms. The molecule has 1 aliphatic heterocycles. The number of nitrogens with one attached hydrogen (secondary N) is 1. The first kappa shape index (κ1) is 21.1. The van der Waals surface area contributed by atoms with Crippen molar-refractivity contribution in [3.05, 3.63) is 46.9 Å². The summed E-state index contributed by atoms with van der Waals surface area (Å²) in [6, 6.07) is 3.55. The molecule has 2 unspecified atom stereocenters. The van der Waals surface area contributed by atoms with Crippen LogP contribution in [0.4, 0.5) is 10.1 Å². The molecule has 156 valence electrons. The number of anilines is 1. The van der Waals surface area contributed by atoms with Gasteiger partial charge in [-0.05, 0) is 46.0 Å². The molecule has 1 aromatic heterocycles. The Bertz CT molecular complexity index is 1020. The molecule has 2 aromatic rings. The second-order valence-electron chi connectivity index (χ2n) is 7.43. The molecule has 0 bridgehead atoms. The molecule has 3 rings (SSSR count). The first-order valence-electron chi connectivity index (χ1n) is 9.02. The highest BCUT2D eigenvalue weighted by Gasteiger charge is 2.38. The molecule has 0 saturated heterocycles. The van der Waals surface area contributed by atoms with Crippen LogP contribution < -0.4 is 11.1 Å². The molecule has 8 nitrogen and oxygen atoms in total. The molecule has 1 amide bonds. The fourth-order valence-electron chi connectivity index (χ4n) is 3.13. The Balaban J connectivity index is 1.93. The van der Waals surface area contributed by atoms with Crippen LogP contribution in [0, 0.1) is 19.7 Å². The van der Waals surface area contributed by atoms with Gasteiger partial charge in [-0.25, -0.2) is 17.9 Å². The number of aryl methyl sites for hydroxylation is 2. The third-order valence-corrected chi connectivity index (χ3v) is 6.59. The summed E-state index contributed by atoms with van der Waals surface area (Å²) in [5.41, 5.74) is 6.88. The highest BCUT2D eigenvalue weighted by atomic mass is 32.2. The summed E-state index contributed by atoms with van der Waals surface area (Å²) in [6.07, 6.45) is 0. The molecule has 29 heavy (non-hydrogen) atoms. The van der Waals surface area contributed by atoms with Gasteiger partial charge in [0.1, 0.15) is 33.1 Å². The summed E-state index contributed by atoms with van der Waals surface area (Å²) in [6.45, 7) is 6.97. The van der Waals surface area contributed by atoms with E-state index in [1.807, 2.05) is 0 Å². The van der Waals surface area contributed by atoms with E-state index in [9.17, 15) is 13.4 Å². The third kappa shape index (κ3) is 4.08. The molecule has 1 aliphatic rings. The Kier molecular flexibility index (Phi) is 5.59. The molecular weight excluding hydrogens is 397 g/mol. The highest BCUT2D eigenvalue weighted by molar-refractivity contribution is 7.85. The van der Waals surface area contributed by atoms with Gasteiger partial charge in [0.2, 0.25) is 0 Å². The number of nitrogens with zero attached hydrogens (tertiary/aromatic N) is 3. The minimum absolute atomic E-state index is 0.169. The fourth-order valence-corrected chi connectivity index (χ4v) is 4.42. The summed E-state index contributed by atoms with van der Waals surface area (Å²) < 4.78 is 33.3. The maximum absolute atomic E-state index is 14.6. The maximum atomic E-state index is 14.6. The summed E-state index contributed by atoms with van der Waals surface area (Å²) in [7, 11) is 0.262. The highest BCUT2D eigenvalue weighted by Crippen LogP contribution is 2.30. The van der Waals surface area contributed by atoms with Gasteiger partial charge in [0.15, 0.2) is 11.6 Å². The van der Waals surface area contributed by atoms with Gasteiger partial charge < -0.3 is 15.5 Å². The molecule has 0 saturated carbocycles. The van der Waals surface area contributed by atoms with Crippen LogP contribution in [0.2, 0.25) is 0 Å². The lowest BCUT2D eigenvalue weighted by atomic mass is 10.0. The number of hydrogen-bond donors (Lipinski definition) is 2. The van der Waals surface area contributed by atoms with Crippen molar-refractivity contribution in [3.8, 4) is 0 Å². The van der Waals surface area contributed by atoms with Crippen molar-refractivity contribution in [2.45, 2.75) is 38.5 Å². The smallest absolute Gasteiger partial charge is 0.277 e. The second kappa shape index (κ2) is 7.68. The Labute approximate surface area is 171 Å². The lowest BCUT2D eigenvalue weighted by Gasteiger charge is -2.25. The van der Waals surface area contributed by atoms with E-state index in [-0.39, 0.29) is 23.6 Å². The summed E-state index contributed by atoms with van der Waals surface area (Å²) >= 11 is 0. The Morgan fingerprint density at radius 1 is 1.41 bits per heavy atom. The van der Waals surface area contributed by atoms with Crippen LogP contribution in [-0.4, -0.2) is 43.6 Å². The number of oxazole rings is 1. The summed E-state index contributed by atoms with van der Waals surface area (Å²) in [5.74, 6) is 0.0222. The zero-order valence-electron chi connectivity index (χ0n) is 16.9. The predicted octanol–water partition coefficient (Wildman–Crippen LogP) is 2.47. The van der Waals surface area contributed by atoms with Crippen LogP contribution in [0.15, 0.2) is 27.6 Å². The molecule has 2 heterocycles. The predicted molar refractivity (Wildman–Crippen MR) is 110 cm³/mol. The number of amides is 1. The number of aromatic nitrogens is 1. The molecule has 2 atom stereocenters. The number of rotatable bonds is 3. The van der Waals surface area contributed by atoms with Crippen LogP contribution >= 0.6 is 0 Å². The summed E-state index contributed by atoms with van der Waals surface area (Å²) in [5, 5.41) is 2.70. The Hall–Kier alpha value is -2.59. The number of halogens is 1. The number of amidine groups is 1. The topological polar surface area (TPSA) is 114 Å². The monoisotopic (exact) mass is 421 g/mol. The standard InChI is InChI=1S/C19H24FN5O3S/c1-10-16(22-11(2)28-10)17(26)23-12-6-7-14(20)13(8-12)15-9-25(5)29(27)19(3,4)18(21)24-15/h6-8,15H,9H2,1-5H3,(H2,21,24)(H,23,26). The van der Waals surface area contributed by atoms with E-state index >= 15 is 0 Å². The van der Waals surface area contributed by atoms with Crippen LogP contribution in [0.1, 0.15) is 47.6 Å². The summed E-state index contributed by atoms with van der Waals surface area (Å²) in [4.78, 5) is 21.0. The van der Waals surface area contributed by atoms with Gasteiger partial charge in [0, 0.05) is 24.7 Å². The van der Waals surface area contributed by atoms with Gasteiger partial charge >= 0.3 is 0 Å². The number of likely N-dealkylation sites (N-methyl/N-ethyl adjacent to an activating group) is 1. The normalized spacial score (nSPS) is 22.1. The third-order valence-electron chi connectivity index (χ3n) is 4.79. The number of carbonyl (C=O) groups excluding carboxylic acids is 1. The van der Waals surface area contributed by atoms with Crippen LogP contribution in [-0.2, 0) is 11.0 Å². The van der Waals surface area contributed by atoms with Gasteiger partial charge in [-0.1, -0.05) is 0 Å². The van der Waals surface area contributed by atoms with E-state index in [2.05, 4.69) is 15.3 Å². The van der Waals surface area contributed by atoms with Crippen LogP contribution in [0.25, 0.3) is 0 Å². The van der Waals surface area contributed by atoms with Crippen molar-refractivity contribution in [3.63, 3.8) is 0 Å². The van der Waals surface area contributed by atoms with E-state index in [1.54, 1.807) is 39.0 Å². The number of hydrogen-bond acceptors (Lipinski definition) is 6. The second-order valence-corrected chi connectivity index (χ2v) is 9.57. The van der Waals surface area contributed by atoms with Crippen molar-refractivity contribution in [1.82, 2.24) is 9.29 Å².